The Balaban J connectivity index is 1.61. The number of hydrogen-bond acceptors (Lipinski definition) is 6. The molecule has 0 spiro atoms. The van der Waals surface area contributed by atoms with Crippen molar-refractivity contribution in [2.45, 2.75) is 26.9 Å². The van der Waals surface area contributed by atoms with Crippen LogP contribution < -0.4 is 21.3 Å². The average molecular weight is 564 g/mol. The number of amides is 1. The number of nitrogens with one attached hydrogen (secondary N) is 1. The largest absolute Gasteiger partial charge is 0.478 e. The van der Waals surface area contributed by atoms with Crippen molar-refractivity contribution in [1.29, 1.82) is 0 Å². The molecule has 1 amide bonds. The van der Waals surface area contributed by atoms with Gasteiger partial charge in [0.25, 0.3) is 11.5 Å². The lowest BCUT2D eigenvalue weighted by atomic mass is 10.2. The molecule has 4 rings (SSSR count). The first-order valence-corrected chi connectivity index (χ1v) is 12.3. The Hall–Kier alpha value is -2.95. The minimum atomic E-state index is -0.518. The highest BCUT2D eigenvalue weighted by Crippen LogP contribution is 2.23. The van der Waals surface area contributed by atoms with Gasteiger partial charge in [0.1, 0.15) is 9.71 Å². The molecule has 8 nitrogen and oxygen atoms in total. The number of pyridine rings is 1. The maximum atomic E-state index is 13.1. The predicted molar refractivity (Wildman–Crippen MR) is 135 cm³/mol. The summed E-state index contributed by atoms with van der Waals surface area (Å²) in [6.45, 7) is 4.34. The fraction of sp³-hybridized carbons (Fsp3) is 0.217. The van der Waals surface area contributed by atoms with Crippen LogP contribution in [0.25, 0.3) is 4.83 Å². The Morgan fingerprint density at radius 3 is 2.76 bits per heavy atom. The zero-order valence-electron chi connectivity index (χ0n) is 18.3. The van der Waals surface area contributed by atoms with Gasteiger partial charge in [0.05, 0.1) is 18.2 Å². The molecule has 1 aromatic carbocycles. The molecule has 0 saturated carbocycles. The standard InChI is InChI=1S/C23H20BrClN4O4S/c1-3-33-19-9-14(6-7-26-19)10-27-20(30)18-12-29-22(34-18)13(2)21(31)28(23(29)32)11-15-4-5-16(24)17(25)8-15/h4-9,12H,3,10-11H2,1-2H3,(H,27,30). The van der Waals surface area contributed by atoms with Gasteiger partial charge in [-0.2, -0.15) is 0 Å². The molecule has 34 heavy (non-hydrogen) atoms. The van der Waals surface area contributed by atoms with E-state index in [1.807, 2.05) is 6.92 Å². The fourth-order valence-corrected chi connectivity index (χ4v) is 4.84. The van der Waals surface area contributed by atoms with E-state index in [0.29, 0.717) is 38.3 Å². The lowest BCUT2D eigenvalue weighted by Crippen LogP contribution is -2.38. The van der Waals surface area contributed by atoms with E-state index in [2.05, 4.69) is 26.2 Å². The monoisotopic (exact) mass is 562 g/mol. The quantitative estimate of drug-likeness (QED) is 0.367. The molecule has 0 unspecified atom stereocenters. The number of aryl methyl sites for hydroxylation is 1. The van der Waals surface area contributed by atoms with E-state index in [1.165, 1.54) is 10.6 Å². The second-order valence-corrected chi connectivity index (χ2v) is 9.73. The summed E-state index contributed by atoms with van der Waals surface area (Å²) in [6.07, 6.45) is 3.08. The number of nitrogens with zero attached hydrogens (tertiary/aromatic N) is 3. The molecule has 11 heteroatoms. The molecule has 0 aliphatic rings. The number of carbonyl (C=O) groups excluding carboxylic acids is 1. The minimum Gasteiger partial charge on any atom is -0.478 e. The van der Waals surface area contributed by atoms with Crippen LogP contribution in [0.15, 0.2) is 56.8 Å². The number of aromatic nitrogens is 3. The normalized spacial score (nSPS) is 11.1. The van der Waals surface area contributed by atoms with Crippen molar-refractivity contribution in [3.63, 3.8) is 0 Å². The first-order chi connectivity index (χ1) is 16.3. The van der Waals surface area contributed by atoms with Gasteiger partial charge in [-0.05, 0) is 59.1 Å². The van der Waals surface area contributed by atoms with Crippen molar-refractivity contribution in [2.75, 3.05) is 6.61 Å². The lowest BCUT2D eigenvalue weighted by Gasteiger charge is -2.08. The summed E-state index contributed by atoms with van der Waals surface area (Å²) in [5, 5.41) is 3.32. The van der Waals surface area contributed by atoms with Crippen LogP contribution in [0.4, 0.5) is 0 Å². The number of hydrogen-bond donors (Lipinski definition) is 1. The second kappa shape index (κ2) is 10.1. The maximum Gasteiger partial charge on any atom is 0.336 e. The van der Waals surface area contributed by atoms with Crippen LogP contribution >= 0.6 is 38.9 Å². The lowest BCUT2D eigenvalue weighted by molar-refractivity contribution is 0.0954. The zero-order chi connectivity index (χ0) is 24.4. The van der Waals surface area contributed by atoms with Gasteiger partial charge in [-0.25, -0.2) is 9.78 Å². The topological polar surface area (TPSA) is 94.7 Å². The number of ether oxygens (including phenoxy) is 1. The summed E-state index contributed by atoms with van der Waals surface area (Å²) in [6, 6.07) is 8.78. The number of benzene rings is 1. The summed E-state index contributed by atoms with van der Waals surface area (Å²) >= 11 is 10.6. The minimum absolute atomic E-state index is 0.0655. The fourth-order valence-electron chi connectivity index (χ4n) is 3.39. The molecule has 3 aromatic heterocycles. The Bertz CT molecular complexity index is 1510. The van der Waals surface area contributed by atoms with Crippen molar-refractivity contribution in [3.8, 4) is 5.88 Å². The van der Waals surface area contributed by atoms with Crippen LogP contribution in [0, 0.1) is 6.92 Å². The number of rotatable bonds is 7. The number of carbonyl (C=O) groups is 1. The van der Waals surface area contributed by atoms with Crippen LogP contribution in [0.5, 0.6) is 5.88 Å². The average Bonchev–Trinajstić information content (AvgIpc) is 3.28. The first kappa shape index (κ1) is 24.2. The Labute approximate surface area is 211 Å². The third kappa shape index (κ3) is 4.94. The summed E-state index contributed by atoms with van der Waals surface area (Å²) in [4.78, 5) is 43.7. The van der Waals surface area contributed by atoms with Crippen molar-refractivity contribution in [2.24, 2.45) is 0 Å². The zero-order valence-corrected chi connectivity index (χ0v) is 21.5. The molecule has 0 aliphatic heterocycles. The molecule has 0 radical (unpaired) electrons. The van der Waals surface area contributed by atoms with Gasteiger partial charge >= 0.3 is 5.69 Å². The van der Waals surface area contributed by atoms with Gasteiger partial charge in [0.15, 0.2) is 0 Å². The Morgan fingerprint density at radius 1 is 1.24 bits per heavy atom. The highest BCUT2D eigenvalue weighted by atomic mass is 79.9. The van der Waals surface area contributed by atoms with Crippen LogP contribution in [0.2, 0.25) is 5.02 Å². The van der Waals surface area contributed by atoms with Crippen molar-refractivity contribution in [1.82, 2.24) is 19.3 Å². The van der Waals surface area contributed by atoms with Crippen molar-refractivity contribution >= 4 is 49.6 Å². The maximum absolute atomic E-state index is 13.1. The van der Waals surface area contributed by atoms with E-state index in [-0.39, 0.29) is 19.0 Å². The molecule has 176 valence electrons. The summed E-state index contributed by atoms with van der Waals surface area (Å²) in [7, 11) is 0. The van der Waals surface area contributed by atoms with Gasteiger partial charge in [0, 0.05) is 35.0 Å². The van der Waals surface area contributed by atoms with Crippen LogP contribution in [0.1, 0.15) is 33.3 Å². The summed E-state index contributed by atoms with van der Waals surface area (Å²) < 4.78 is 8.59. The summed E-state index contributed by atoms with van der Waals surface area (Å²) in [5.41, 5.74) is 1.01. The van der Waals surface area contributed by atoms with Crippen LogP contribution in [-0.2, 0) is 13.1 Å². The number of fused-ring (bicyclic) bond motifs is 1. The van der Waals surface area contributed by atoms with Gasteiger partial charge < -0.3 is 10.1 Å². The van der Waals surface area contributed by atoms with Gasteiger partial charge in [-0.15, -0.1) is 11.3 Å². The predicted octanol–water partition coefficient (Wildman–Crippen LogP) is 4.02. The van der Waals surface area contributed by atoms with E-state index < -0.39 is 11.2 Å². The molecule has 0 fully saturated rings. The van der Waals surface area contributed by atoms with E-state index in [0.717, 1.165) is 25.9 Å². The highest BCUT2D eigenvalue weighted by molar-refractivity contribution is 9.10. The smallest absolute Gasteiger partial charge is 0.336 e. The van der Waals surface area contributed by atoms with E-state index >= 15 is 0 Å². The number of thiazole rings is 1. The SMILES string of the molecule is CCOc1cc(CNC(=O)c2cn3c(=O)n(Cc4ccc(Br)c(Cl)c4)c(=O)c(C)c3s2)ccn1. The summed E-state index contributed by atoms with van der Waals surface area (Å²) in [5.74, 6) is 0.138. The van der Waals surface area contributed by atoms with Crippen LogP contribution in [0.3, 0.4) is 0 Å². The van der Waals surface area contributed by atoms with Crippen molar-refractivity contribution < 1.29 is 9.53 Å². The molecule has 0 bridgehead atoms. The molecule has 4 aromatic rings. The highest BCUT2D eigenvalue weighted by Gasteiger charge is 2.18. The van der Waals surface area contributed by atoms with Crippen LogP contribution in [-0.4, -0.2) is 26.5 Å². The third-order valence-electron chi connectivity index (χ3n) is 5.09. The second-order valence-electron chi connectivity index (χ2n) is 7.44. The molecule has 0 aliphatic carbocycles. The van der Waals surface area contributed by atoms with E-state index in [9.17, 15) is 14.4 Å². The van der Waals surface area contributed by atoms with Gasteiger partial charge in [0.2, 0.25) is 5.88 Å². The molecular weight excluding hydrogens is 544 g/mol. The Kier molecular flexibility index (Phi) is 7.20. The molecule has 0 saturated heterocycles. The number of halogens is 2. The van der Waals surface area contributed by atoms with Gasteiger partial charge in [-0.1, -0.05) is 17.7 Å². The molecule has 3 heterocycles. The third-order valence-corrected chi connectivity index (χ3v) is 7.53. The van der Waals surface area contributed by atoms with E-state index in [1.54, 1.807) is 43.5 Å². The Morgan fingerprint density at radius 2 is 2.03 bits per heavy atom. The van der Waals surface area contributed by atoms with Crippen molar-refractivity contribution in [3.05, 3.63) is 94.6 Å². The van der Waals surface area contributed by atoms with Gasteiger partial charge in [-0.3, -0.25) is 18.6 Å². The molecule has 1 N–H and O–H groups in total. The first-order valence-electron chi connectivity index (χ1n) is 10.3. The molecule has 0 atom stereocenters. The molecular formula is C23H20BrClN4O4S. The van der Waals surface area contributed by atoms with E-state index in [4.69, 9.17) is 16.3 Å².